The van der Waals surface area contributed by atoms with Gasteiger partial charge in [-0.1, -0.05) is 32.0 Å². The smallest absolute Gasteiger partial charge is 0.0992 e. The average molecular weight is 207 g/mol. The second-order valence-electron chi connectivity index (χ2n) is 4.71. The van der Waals surface area contributed by atoms with E-state index in [1.165, 1.54) is 5.56 Å². The van der Waals surface area contributed by atoms with Crippen molar-refractivity contribution < 1.29 is 5.11 Å². The van der Waals surface area contributed by atoms with Gasteiger partial charge in [0.1, 0.15) is 0 Å². The van der Waals surface area contributed by atoms with E-state index < -0.39 is 5.60 Å². The van der Waals surface area contributed by atoms with Crippen LogP contribution in [0.2, 0.25) is 0 Å². The topological polar surface area (TPSA) is 46.2 Å². The molecule has 1 rings (SSSR count). The lowest BCUT2D eigenvalue weighted by Crippen LogP contribution is -2.32. The molecule has 2 nitrogen and oxygen atoms in total. The summed E-state index contributed by atoms with van der Waals surface area (Å²) in [4.78, 5) is 0. The zero-order chi connectivity index (χ0) is 11.6. The average Bonchev–Trinajstić information content (AvgIpc) is 2.17. The van der Waals surface area contributed by atoms with Gasteiger partial charge in [-0.3, -0.25) is 0 Å². The summed E-state index contributed by atoms with van der Waals surface area (Å²) in [5.41, 5.74) is 7.94. The molecule has 1 aromatic carbocycles. The largest absolute Gasteiger partial charge is 0.384 e. The zero-order valence-corrected chi connectivity index (χ0v) is 10.0. The first-order chi connectivity index (χ1) is 6.88. The minimum Gasteiger partial charge on any atom is -0.384 e. The molecule has 0 fully saturated rings. The summed E-state index contributed by atoms with van der Waals surface area (Å²) in [6.07, 6.45) is 0. The Balaban J connectivity index is 3.22. The molecular formula is C13H21NO. The van der Waals surface area contributed by atoms with E-state index in [-0.39, 0.29) is 6.54 Å². The van der Waals surface area contributed by atoms with Crippen molar-refractivity contribution in [1.82, 2.24) is 0 Å². The van der Waals surface area contributed by atoms with Gasteiger partial charge in [-0.15, -0.1) is 0 Å². The molecule has 0 spiro atoms. The molecule has 0 aliphatic heterocycles. The molecule has 84 valence electrons. The summed E-state index contributed by atoms with van der Waals surface area (Å²) >= 11 is 0. The Labute approximate surface area is 92.1 Å². The van der Waals surface area contributed by atoms with E-state index in [0.29, 0.717) is 5.92 Å². The second kappa shape index (κ2) is 4.33. The highest BCUT2D eigenvalue weighted by Gasteiger charge is 2.23. The molecule has 0 saturated carbocycles. The Kier molecular flexibility index (Phi) is 3.53. The molecule has 15 heavy (non-hydrogen) atoms. The van der Waals surface area contributed by atoms with Crippen molar-refractivity contribution >= 4 is 0 Å². The maximum absolute atomic E-state index is 10.2. The lowest BCUT2D eigenvalue weighted by molar-refractivity contribution is 0.0661. The quantitative estimate of drug-likeness (QED) is 0.798. The highest BCUT2D eigenvalue weighted by molar-refractivity contribution is 5.36. The van der Waals surface area contributed by atoms with Gasteiger partial charge in [0.2, 0.25) is 0 Å². The van der Waals surface area contributed by atoms with Crippen LogP contribution in [0.15, 0.2) is 18.2 Å². The fourth-order valence-corrected chi connectivity index (χ4v) is 1.69. The predicted octanol–water partition coefficient (Wildman–Crippen LogP) is 2.28. The molecule has 1 aromatic rings. The van der Waals surface area contributed by atoms with Crippen LogP contribution in [0.1, 0.15) is 43.4 Å². The van der Waals surface area contributed by atoms with E-state index in [2.05, 4.69) is 32.0 Å². The maximum atomic E-state index is 10.2. The highest BCUT2D eigenvalue weighted by atomic mass is 16.3. The lowest BCUT2D eigenvalue weighted by Gasteiger charge is -2.25. The summed E-state index contributed by atoms with van der Waals surface area (Å²) in [5.74, 6) is 0.470. The third kappa shape index (κ3) is 2.58. The van der Waals surface area contributed by atoms with Gasteiger partial charge < -0.3 is 10.8 Å². The van der Waals surface area contributed by atoms with Crippen molar-refractivity contribution in [3.8, 4) is 0 Å². The normalized spacial score (nSPS) is 15.4. The lowest BCUT2D eigenvalue weighted by atomic mass is 9.88. The van der Waals surface area contributed by atoms with Crippen molar-refractivity contribution in [2.45, 2.75) is 39.2 Å². The van der Waals surface area contributed by atoms with Crippen molar-refractivity contribution in [3.05, 3.63) is 34.9 Å². The van der Waals surface area contributed by atoms with Crippen LogP contribution in [0.3, 0.4) is 0 Å². The van der Waals surface area contributed by atoms with E-state index in [9.17, 15) is 5.11 Å². The predicted molar refractivity (Wildman–Crippen MR) is 63.9 cm³/mol. The third-order valence-electron chi connectivity index (χ3n) is 2.91. The number of rotatable bonds is 3. The van der Waals surface area contributed by atoms with Gasteiger partial charge in [-0.05, 0) is 36.5 Å². The van der Waals surface area contributed by atoms with E-state index in [1.807, 2.05) is 6.92 Å². The first-order valence-corrected chi connectivity index (χ1v) is 5.42. The van der Waals surface area contributed by atoms with Crippen molar-refractivity contribution in [2.24, 2.45) is 5.73 Å². The van der Waals surface area contributed by atoms with Gasteiger partial charge in [0, 0.05) is 6.54 Å². The van der Waals surface area contributed by atoms with Crippen LogP contribution < -0.4 is 5.73 Å². The van der Waals surface area contributed by atoms with Crippen LogP contribution in [0, 0.1) is 6.92 Å². The Morgan fingerprint density at radius 2 is 2.00 bits per heavy atom. The summed E-state index contributed by atoms with van der Waals surface area (Å²) in [6.45, 7) is 8.30. The Hall–Kier alpha value is -0.860. The van der Waals surface area contributed by atoms with Gasteiger partial charge in [0.25, 0.3) is 0 Å². The zero-order valence-electron chi connectivity index (χ0n) is 10.0. The van der Waals surface area contributed by atoms with Gasteiger partial charge >= 0.3 is 0 Å². The number of aliphatic hydroxyl groups is 1. The third-order valence-corrected chi connectivity index (χ3v) is 2.91. The van der Waals surface area contributed by atoms with Crippen LogP contribution in [-0.4, -0.2) is 11.7 Å². The molecule has 0 bridgehead atoms. The molecule has 2 heteroatoms. The van der Waals surface area contributed by atoms with Gasteiger partial charge in [0.05, 0.1) is 5.60 Å². The standard InChI is InChI=1S/C13H21NO/c1-9(2)11-6-5-10(3)12(7-11)13(4,15)8-14/h5-7,9,15H,8,14H2,1-4H3. The van der Waals surface area contributed by atoms with Crippen LogP contribution >= 0.6 is 0 Å². The van der Waals surface area contributed by atoms with Crippen molar-refractivity contribution in [1.29, 1.82) is 0 Å². The molecule has 0 aliphatic carbocycles. The number of nitrogens with two attached hydrogens (primary N) is 1. The van der Waals surface area contributed by atoms with E-state index in [0.717, 1.165) is 11.1 Å². The molecule has 0 radical (unpaired) electrons. The number of hydrogen-bond donors (Lipinski definition) is 2. The molecule has 0 aromatic heterocycles. The molecule has 0 amide bonds. The number of hydrogen-bond acceptors (Lipinski definition) is 2. The Morgan fingerprint density at radius 1 is 1.40 bits per heavy atom. The second-order valence-corrected chi connectivity index (χ2v) is 4.71. The molecule has 0 heterocycles. The Bertz CT molecular complexity index is 342. The fraction of sp³-hybridized carbons (Fsp3) is 0.538. The van der Waals surface area contributed by atoms with E-state index in [1.54, 1.807) is 6.92 Å². The van der Waals surface area contributed by atoms with Gasteiger partial charge in [0.15, 0.2) is 0 Å². The highest BCUT2D eigenvalue weighted by Crippen LogP contribution is 2.26. The first-order valence-electron chi connectivity index (χ1n) is 5.42. The minimum absolute atomic E-state index is 0.245. The van der Waals surface area contributed by atoms with E-state index in [4.69, 9.17) is 5.73 Å². The molecule has 0 saturated heterocycles. The van der Waals surface area contributed by atoms with Crippen LogP contribution in [0.5, 0.6) is 0 Å². The van der Waals surface area contributed by atoms with Crippen LogP contribution in [0.25, 0.3) is 0 Å². The molecule has 0 aliphatic rings. The SMILES string of the molecule is Cc1ccc(C(C)C)cc1C(C)(O)CN. The van der Waals surface area contributed by atoms with Crippen molar-refractivity contribution in [3.63, 3.8) is 0 Å². The van der Waals surface area contributed by atoms with Crippen LogP contribution in [0.4, 0.5) is 0 Å². The summed E-state index contributed by atoms with van der Waals surface area (Å²) in [5, 5.41) is 10.2. The summed E-state index contributed by atoms with van der Waals surface area (Å²) in [6, 6.07) is 6.22. The maximum Gasteiger partial charge on any atom is 0.0992 e. The summed E-state index contributed by atoms with van der Waals surface area (Å²) in [7, 11) is 0. The van der Waals surface area contributed by atoms with Gasteiger partial charge in [-0.2, -0.15) is 0 Å². The minimum atomic E-state index is -0.922. The fourth-order valence-electron chi connectivity index (χ4n) is 1.69. The van der Waals surface area contributed by atoms with Gasteiger partial charge in [-0.25, -0.2) is 0 Å². The summed E-state index contributed by atoms with van der Waals surface area (Å²) < 4.78 is 0. The number of aryl methyl sites for hydroxylation is 1. The van der Waals surface area contributed by atoms with Crippen LogP contribution in [-0.2, 0) is 5.60 Å². The monoisotopic (exact) mass is 207 g/mol. The molecule has 3 N–H and O–H groups in total. The number of benzene rings is 1. The molecule has 1 unspecified atom stereocenters. The first kappa shape index (κ1) is 12.2. The molecule has 1 atom stereocenters. The van der Waals surface area contributed by atoms with E-state index >= 15 is 0 Å². The van der Waals surface area contributed by atoms with Crippen molar-refractivity contribution in [2.75, 3.05) is 6.54 Å². The molecular weight excluding hydrogens is 186 g/mol. The Morgan fingerprint density at radius 3 is 2.47 bits per heavy atom.